The molecule has 0 aliphatic rings. The smallest absolute Gasteiger partial charge is 0.319 e. The van der Waals surface area contributed by atoms with Crippen molar-refractivity contribution in [2.75, 3.05) is 19.5 Å². The summed E-state index contributed by atoms with van der Waals surface area (Å²) >= 11 is 6.03. The van der Waals surface area contributed by atoms with Crippen LogP contribution < -0.4 is 0 Å². The minimum atomic E-state index is -0.241. The number of rotatable bonds is 3. The van der Waals surface area contributed by atoms with E-state index in [1.807, 2.05) is 6.92 Å². The third kappa shape index (κ3) is 9.98. The molecule has 0 radical (unpaired) electrons. The van der Waals surface area contributed by atoms with Gasteiger partial charge in [-0.25, -0.2) is 0 Å². The summed E-state index contributed by atoms with van der Waals surface area (Å²) in [5, 5.41) is 0.281. The van der Waals surface area contributed by atoms with Gasteiger partial charge in [0.2, 0.25) is 0 Å². The maximum Gasteiger partial charge on any atom is 0.319 e. The molecular weight excluding hydrogens is 320 g/mol. The number of alkyl halides is 2. The van der Waals surface area contributed by atoms with Crippen molar-refractivity contribution in [2.24, 2.45) is 0 Å². The van der Waals surface area contributed by atoms with E-state index in [1.165, 1.54) is 14.2 Å². The number of carbonyl (C=O) groups is 2. The van der Waals surface area contributed by atoms with Crippen molar-refractivity contribution in [3.63, 3.8) is 0 Å². The van der Waals surface area contributed by atoms with Gasteiger partial charge in [-0.15, -0.1) is 0 Å². The Bertz CT molecular complexity index is 167. The minimum absolute atomic E-state index is 0.132. The number of halogens is 2. The maximum atomic E-state index is 10.5. The molecule has 0 aliphatic carbocycles. The fourth-order valence-electron chi connectivity index (χ4n) is 0.349. The highest BCUT2D eigenvalue weighted by Crippen LogP contribution is 2.04. The van der Waals surface area contributed by atoms with Gasteiger partial charge in [0.05, 0.1) is 14.2 Å². The molecule has 0 saturated heterocycles. The van der Waals surface area contributed by atoms with Gasteiger partial charge >= 0.3 is 11.9 Å². The lowest BCUT2D eigenvalue weighted by atomic mass is 10.3. The SMILES string of the molecule is CCC(Br)C(=O)OC.COC(=O)CBr. The van der Waals surface area contributed by atoms with Gasteiger partial charge in [-0.05, 0) is 6.42 Å². The molecule has 0 N–H and O–H groups in total. The molecule has 0 saturated carbocycles. The van der Waals surface area contributed by atoms with E-state index in [9.17, 15) is 9.59 Å². The molecule has 0 spiro atoms. The van der Waals surface area contributed by atoms with E-state index in [2.05, 4.69) is 41.3 Å². The average Bonchev–Trinajstić information content (AvgIpc) is 2.26. The molecule has 0 rings (SSSR count). The second-order valence-electron chi connectivity index (χ2n) is 2.11. The van der Waals surface area contributed by atoms with E-state index >= 15 is 0 Å². The lowest BCUT2D eigenvalue weighted by Crippen LogP contribution is -2.13. The Hall–Kier alpha value is -0.100. The molecule has 0 aromatic carbocycles. The van der Waals surface area contributed by atoms with Gasteiger partial charge in [0, 0.05) is 0 Å². The van der Waals surface area contributed by atoms with Gasteiger partial charge < -0.3 is 9.47 Å². The molecule has 84 valence electrons. The monoisotopic (exact) mass is 332 g/mol. The number of ether oxygens (including phenoxy) is 2. The zero-order valence-corrected chi connectivity index (χ0v) is 11.6. The van der Waals surface area contributed by atoms with E-state index in [1.54, 1.807) is 0 Å². The molecule has 0 aromatic rings. The first kappa shape index (κ1) is 16.3. The quantitative estimate of drug-likeness (QED) is 0.584. The summed E-state index contributed by atoms with van der Waals surface area (Å²) in [4.78, 5) is 20.3. The zero-order chi connectivity index (χ0) is 11.6. The van der Waals surface area contributed by atoms with E-state index in [0.29, 0.717) is 0 Å². The average molecular weight is 334 g/mol. The first-order chi connectivity index (χ1) is 6.53. The molecule has 0 bridgehead atoms. The Balaban J connectivity index is 0. The summed E-state index contributed by atoms with van der Waals surface area (Å²) in [6.45, 7) is 1.91. The topological polar surface area (TPSA) is 52.6 Å². The molecule has 0 amide bonds. The second kappa shape index (κ2) is 11.0. The van der Waals surface area contributed by atoms with Crippen molar-refractivity contribution < 1.29 is 19.1 Å². The van der Waals surface area contributed by atoms with E-state index < -0.39 is 0 Å². The summed E-state index contributed by atoms with van der Waals surface area (Å²) in [5.74, 6) is -0.442. The lowest BCUT2D eigenvalue weighted by molar-refractivity contribution is -0.140. The number of hydrogen-bond acceptors (Lipinski definition) is 4. The molecule has 0 aromatic heterocycles. The Morgan fingerprint density at radius 2 is 1.79 bits per heavy atom. The number of esters is 2. The summed E-state index contributed by atoms with van der Waals surface area (Å²) in [6, 6.07) is 0. The molecule has 0 aliphatic heterocycles. The Morgan fingerprint density at radius 1 is 1.29 bits per heavy atom. The fraction of sp³-hybridized carbons (Fsp3) is 0.750. The largest absolute Gasteiger partial charge is 0.468 e. The van der Waals surface area contributed by atoms with Gasteiger partial charge in [-0.1, -0.05) is 38.8 Å². The van der Waals surface area contributed by atoms with Crippen LogP contribution in [-0.4, -0.2) is 36.3 Å². The van der Waals surface area contributed by atoms with Crippen LogP contribution in [0.3, 0.4) is 0 Å². The van der Waals surface area contributed by atoms with Crippen molar-refractivity contribution in [1.82, 2.24) is 0 Å². The summed E-state index contributed by atoms with van der Waals surface area (Å²) < 4.78 is 8.63. The first-order valence-corrected chi connectivity index (χ1v) is 5.91. The van der Waals surface area contributed by atoms with E-state index in [-0.39, 0.29) is 22.1 Å². The van der Waals surface area contributed by atoms with Crippen molar-refractivity contribution in [3.05, 3.63) is 0 Å². The Morgan fingerprint density at radius 3 is 1.86 bits per heavy atom. The first-order valence-electron chi connectivity index (χ1n) is 3.88. The third-order valence-corrected chi connectivity index (χ3v) is 2.63. The molecule has 0 heterocycles. The van der Waals surface area contributed by atoms with Crippen LogP contribution in [0.2, 0.25) is 0 Å². The van der Waals surface area contributed by atoms with Crippen LogP contribution in [0, 0.1) is 0 Å². The predicted octanol–water partition coefficient (Wildman–Crippen LogP) is 1.89. The minimum Gasteiger partial charge on any atom is -0.468 e. The molecule has 14 heavy (non-hydrogen) atoms. The van der Waals surface area contributed by atoms with Crippen LogP contribution in [0.25, 0.3) is 0 Å². The Labute approximate surface area is 101 Å². The van der Waals surface area contributed by atoms with Gasteiger partial charge in [0.15, 0.2) is 0 Å². The van der Waals surface area contributed by atoms with Crippen LogP contribution in [0.4, 0.5) is 0 Å². The maximum absolute atomic E-state index is 10.5. The second-order valence-corrected chi connectivity index (χ2v) is 3.77. The van der Waals surface area contributed by atoms with Crippen molar-refractivity contribution in [3.8, 4) is 0 Å². The highest BCUT2D eigenvalue weighted by molar-refractivity contribution is 9.10. The normalized spacial score (nSPS) is 10.6. The lowest BCUT2D eigenvalue weighted by Gasteiger charge is -2.00. The third-order valence-electron chi connectivity index (χ3n) is 1.15. The van der Waals surface area contributed by atoms with Crippen LogP contribution in [0.1, 0.15) is 13.3 Å². The number of hydrogen-bond donors (Lipinski definition) is 0. The van der Waals surface area contributed by atoms with Gasteiger partial charge in [-0.3, -0.25) is 9.59 Å². The van der Waals surface area contributed by atoms with Crippen LogP contribution in [-0.2, 0) is 19.1 Å². The highest BCUT2D eigenvalue weighted by Gasteiger charge is 2.10. The zero-order valence-electron chi connectivity index (χ0n) is 8.38. The van der Waals surface area contributed by atoms with Gasteiger partial charge in [0.1, 0.15) is 10.2 Å². The molecule has 1 atom stereocenters. The van der Waals surface area contributed by atoms with Crippen molar-refractivity contribution >= 4 is 43.8 Å². The molecule has 1 unspecified atom stereocenters. The van der Waals surface area contributed by atoms with Crippen LogP contribution in [0.5, 0.6) is 0 Å². The van der Waals surface area contributed by atoms with Crippen LogP contribution >= 0.6 is 31.9 Å². The highest BCUT2D eigenvalue weighted by atomic mass is 79.9. The predicted molar refractivity (Wildman–Crippen MR) is 60.8 cm³/mol. The van der Waals surface area contributed by atoms with Crippen LogP contribution in [0.15, 0.2) is 0 Å². The molecule has 6 heteroatoms. The van der Waals surface area contributed by atoms with Gasteiger partial charge in [-0.2, -0.15) is 0 Å². The Kier molecular flexibility index (Phi) is 12.8. The summed E-state index contributed by atoms with van der Waals surface area (Å²) in [5.41, 5.74) is 0. The van der Waals surface area contributed by atoms with Gasteiger partial charge in [0.25, 0.3) is 0 Å². The van der Waals surface area contributed by atoms with Crippen molar-refractivity contribution in [2.45, 2.75) is 18.2 Å². The number of carbonyl (C=O) groups excluding carboxylic acids is 2. The van der Waals surface area contributed by atoms with E-state index in [0.717, 1.165) is 6.42 Å². The molecule has 4 nitrogen and oxygen atoms in total. The summed E-state index contributed by atoms with van der Waals surface area (Å²) in [6.07, 6.45) is 0.771. The number of methoxy groups -OCH3 is 2. The van der Waals surface area contributed by atoms with E-state index in [4.69, 9.17) is 0 Å². The molecule has 0 fully saturated rings. The standard InChI is InChI=1S/C5H9BrO2.C3H5BrO2/c1-3-4(6)5(7)8-2;1-6-3(5)2-4/h4H,3H2,1-2H3;2H2,1H3. The summed E-state index contributed by atoms with van der Waals surface area (Å²) in [7, 11) is 2.73. The van der Waals surface area contributed by atoms with Crippen molar-refractivity contribution in [1.29, 1.82) is 0 Å². The molecular formula is C8H14Br2O4. The fourth-order valence-corrected chi connectivity index (χ4v) is 0.765.